The van der Waals surface area contributed by atoms with E-state index in [0.29, 0.717) is 11.8 Å². The molecule has 0 spiro atoms. The van der Waals surface area contributed by atoms with Gasteiger partial charge in [-0.05, 0) is 12.8 Å². The van der Waals surface area contributed by atoms with Crippen LogP contribution in [0.1, 0.15) is 12.8 Å². The quantitative estimate of drug-likeness (QED) is 0.589. The SMILES string of the molecule is CN=C(NCC1CCOC1)N(C)CC1CCOC1. The Balaban J connectivity index is 1.72. The number of aliphatic imine (C=N–C) groups is 1. The van der Waals surface area contributed by atoms with Crippen LogP contribution in [0.4, 0.5) is 0 Å². The number of ether oxygens (including phenoxy) is 2. The van der Waals surface area contributed by atoms with Gasteiger partial charge in [0.15, 0.2) is 5.96 Å². The molecule has 0 amide bonds. The monoisotopic (exact) mass is 255 g/mol. The first kappa shape index (κ1) is 13.6. The van der Waals surface area contributed by atoms with E-state index in [4.69, 9.17) is 9.47 Å². The van der Waals surface area contributed by atoms with Crippen LogP contribution in [0.25, 0.3) is 0 Å². The van der Waals surface area contributed by atoms with E-state index in [0.717, 1.165) is 58.3 Å². The van der Waals surface area contributed by atoms with Crippen molar-refractivity contribution in [2.45, 2.75) is 12.8 Å². The minimum absolute atomic E-state index is 0.630. The molecule has 2 aliphatic rings. The summed E-state index contributed by atoms with van der Waals surface area (Å²) in [6, 6.07) is 0. The Kier molecular flexibility index (Phi) is 5.26. The van der Waals surface area contributed by atoms with Crippen LogP contribution in [-0.2, 0) is 9.47 Å². The van der Waals surface area contributed by atoms with Crippen molar-refractivity contribution >= 4 is 5.96 Å². The van der Waals surface area contributed by atoms with E-state index in [1.54, 1.807) is 0 Å². The van der Waals surface area contributed by atoms with Gasteiger partial charge >= 0.3 is 0 Å². The molecule has 2 fully saturated rings. The van der Waals surface area contributed by atoms with E-state index >= 15 is 0 Å². The first-order valence-electron chi connectivity index (χ1n) is 6.87. The van der Waals surface area contributed by atoms with Crippen LogP contribution in [0.3, 0.4) is 0 Å². The fourth-order valence-electron chi connectivity index (χ4n) is 2.57. The Morgan fingerprint density at radius 2 is 1.89 bits per heavy atom. The van der Waals surface area contributed by atoms with E-state index in [1.165, 1.54) is 0 Å². The summed E-state index contributed by atoms with van der Waals surface area (Å²) in [5.41, 5.74) is 0. The molecule has 0 aromatic carbocycles. The van der Waals surface area contributed by atoms with Crippen LogP contribution in [-0.4, -0.2) is 64.5 Å². The van der Waals surface area contributed by atoms with Gasteiger partial charge in [0.25, 0.3) is 0 Å². The van der Waals surface area contributed by atoms with Crippen molar-refractivity contribution in [2.24, 2.45) is 16.8 Å². The van der Waals surface area contributed by atoms with Crippen LogP contribution in [0.2, 0.25) is 0 Å². The molecule has 0 aromatic rings. The molecule has 5 nitrogen and oxygen atoms in total. The van der Waals surface area contributed by atoms with Crippen molar-refractivity contribution in [1.29, 1.82) is 0 Å². The normalized spacial score (nSPS) is 28.7. The molecule has 2 heterocycles. The third-order valence-corrected chi connectivity index (χ3v) is 3.70. The first-order valence-corrected chi connectivity index (χ1v) is 6.87. The Bertz CT molecular complexity index is 271. The fraction of sp³-hybridized carbons (Fsp3) is 0.923. The number of hydrogen-bond acceptors (Lipinski definition) is 3. The van der Waals surface area contributed by atoms with Crippen LogP contribution in [0, 0.1) is 11.8 Å². The van der Waals surface area contributed by atoms with Crippen LogP contribution in [0.5, 0.6) is 0 Å². The minimum Gasteiger partial charge on any atom is -0.381 e. The molecule has 2 saturated heterocycles. The van der Waals surface area contributed by atoms with E-state index in [2.05, 4.69) is 22.3 Å². The number of nitrogens with zero attached hydrogens (tertiary/aromatic N) is 2. The second-order valence-corrected chi connectivity index (χ2v) is 5.27. The lowest BCUT2D eigenvalue weighted by Crippen LogP contribution is -2.43. The van der Waals surface area contributed by atoms with E-state index in [9.17, 15) is 0 Å². The molecular formula is C13H25N3O2. The van der Waals surface area contributed by atoms with Crippen LogP contribution >= 0.6 is 0 Å². The van der Waals surface area contributed by atoms with Crippen molar-refractivity contribution in [1.82, 2.24) is 10.2 Å². The van der Waals surface area contributed by atoms with Crippen LogP contribution in [0.15, 0.2) is 4.99 Å². The van der Waals surface area contributed by atoms with E-state index in [-0.39, 0.29) is 0 Å². The molecule has 2 unspecified atom stereocenters. The summed E-state index contributed by atoms with van der Waals surface area (Å²) in [5.74, 6) is 2.25. The molecule has 1 N–H and O–H groups in total. The van der Waals surface area contributed by atoms with Crippen molar-refractivity contribution in [3.8, 4) is 0 Å². The van der Waals surface area contributed by atoms with E-state index < -0.39 is 0 Å². The van der Waals surface area contributed by atoms with Gasteiger partial charge in [-0.15, -0.1) is 0 Å². The lowest BCUT2D eigenvalue weighted by atomic mass is 10.1. The molecule has 0 radical (unpaired) electrons. The minimum atomic E-state index is 0.630. The third kappa shape index (κ3) is 3.85. The average molecular weight is 255 g/mol. The summed E-state index contributed by atoms with van der Waals surface area (Å²) >= 11 is 0. The second-order valence-electron chi connectivity index (χ2n) is 5.27. The van der Waals surface area contributed by atoms with Crippen molar-refractivity contribution < 1.29 is 9.47 Å². The Labute approximate surface area is 110 Å². The highest BCUT2D eigenvalue weighted by Crippen LogP contribution is 2.14. The molecule has 5 heteroatoms. The van der Waals surface area contributed by atoms with Crippen LogP contribution < -0.4 is 5.32 Å². The van der Waals surface area contributed by atoms with Crippen molar-refractivity contribution in [2.75, 3.05) is 53.6 Å². The molecular weight excluding hydrogens is 230 g/mol. The molecule has 0 saturated carbocycles. The van der Waals surface area contributed by atoms with Gasteiger partial charge in [0.05, 0.1) is 13.2 Å². The Hall–Kier alpha value is -0.810. The van der Waals surface area contributed by atoms with Gasteiger partial charge in [0.1, 0.15) is 0 Å². The predicted molar refractivity (Wildman–Crippen MR) is 71.8 cm³/mol. The zero-order chi connectivity index (χ0) is 12.8. The standard InChI is InChI=1S/C13H25N3O2/c1-14-13(15-7-11-3-5-17-9-11)16(2)8-12-4-6-18-10-12/h11-12H,3-10H2,1-2H3,(H,14,15). The number of guanidine groups is 1. The molecule has 2 rings (SSSR count). The summed E-state index contributed by atoms with van der Waals surface area (Å²) in [6.45, 7) is 5.55. The van der Waals surface area contributed by atoms with E-state index in [1.807, 2.05) is 7.05 Å². The maximum Gasteiger partial charge on any atom is 0.193 e. The highest BCUT2D eigenvalue weighted by Gasteiger charge is 2.20. The van der Waals surface area contributed by atoms with Gasteiger partial charge < -0.3 is 19.7 Å². The fourth-order valence-corrected chi connectivity index (χ4v) is 2.57. The smallest absolute Gasteiger partial charge is 0.193 e. The highest BCUT2D eigenvalue weighted by molar-refractivity contribution is 5.79. The van der Waals surface area contributed by atoms with Gasteiger partial charge in [0.2, 0.25) is 0 Å². The Morgan fingerprint density at radius 1 is 1.22 bits per heavy atom. The highest BCUT2D eigenvalue weighted by atomic mass is 16.5. The maximum atomic E-state index is 5.41. The summed E-state index contributed by atoms with van der Waals surface area (Å²) in [4.78, 5) is 6.54. The van der Waals surface area contributed by atoms with Gasteiger partial charge in [-0.2, -0.15) is 0 Å². The largest absolute Gasteiger partial charge is 0.381 e. The Morgan fingerprint density at radius 3 is 2.44 bits per heavy atom. The first-order chi connectivity index (χ1) is 8.79. The number of nitrogens with one attached hydrogen (secondary N) is 1. The van der Waals surface area contributed by atoms with Crippen molar-refractivity contribution in [3.63, 3.8) is 0 Å². The average Bonchev–Trinajstić information content (AvgIpc) is 3.02. The third-order valence-electron chi connectivity index (χ3n) is 3.70. The molecule has 2 aliphatic heterocycles. The summed E-state index contributed by atoms with van der Waals surface area (Å²) in [7, 11) is 3.94. The van der Waals surface area contributed by atoms with Crippen molar-refractivity contribution in [3.05, 3.63) is 0 Å². The maximum absolute atomic E-state index is 5.41. The molecule has 18 heavy (non-hydrogen) atoms. The lowest BCUT2D eigenvalue weighted by Gasteiger charge is -2.25. The molecule has 2 atom stereocenters. The van der Waals surface area contributed by atoms with Gasteiger partial charge in [-0.1, -0.05) is 0 Å². The zero-order valence-electron chi connectivity index (χ0n) is 11.5. The second kappa shape index (κ2) is 6.95. The number of hydrogen-bond donors (Lipinski definition) is 1. The molecule has 0 aromatic heterocycles. The topological polar surface area (TPSA) is 46.1 Å². The molecule has 0 aliphatic carbocycles. The van der Waals surface area contributed by atoms with Gasteiger partial charge in [-0.3, -0.25) is 4.99 Å². The zero-order valence-corrected chi connectivity index (χ0v) is 11.5. The lowest BCUT2D eigenvalue weighted by molar-refractivity contribution is 0.180. The molecule has 0 bridgehead atoms. The summed E-state index contributed by atoms with van der Waals surface area (Å²) < 4.78 is 10.8. The molecule has 104 valence electrons. The van der Waals surface area contributed by atoms with Gasteiger partial charge in [0, 0.05) is 52.2 Å². The van der Waals surface area contributed by atoms with Gasteiger partial charge in [-0.25, -0.2) is 0 Å². The number of rotatable bonds is 4. The predicted octanol–water partition coefficient (Wildman–Crippen LogP) is 0.567. The summed E-state index contributed by atoms with van der Waals surface area (Å²) in [6.07, 6.45) is 2.32. The summed E-state index contributed by atoms with van der Waals surface area (Å²) in [5, 5.41) is 3.44.